The van der Waals surface area contributed by atoms with Gasteiger partial charge in [-0.25, -0.2) is 0 Å². The molecule has 0 atom stereocenters. The van der Waals surface area contributed by atoms with E-state index >= 15 is 0 Å². The number of carbonyl (C=O) groups excluding carboxylic acids is 4. The molecule has 0 N–H and O–H groups in total. The molecule has 210 valence electrons. The molecule has 0 saturated carbocycles. The van der Waals surface area contributed by atoms with Gasteiger partial charge in [0.2, 0.25) is 0 Å². The SMILES string of the molecule is CCCCCCCCCC(=O)OCCN(S)C(=O)C(=O)N(S)CCOC(=O)CCCCCCCCC. The van der Waals surface area contributed by atoms with Crippen molar-refractivity contribution in [1.82, 2.24) is 8.61 Å². The smallest absolute Gasteiger partial charge is 0.322 e. The van der Waals surface area contributed by atoms with E-state index in [4.69, 9.17) is 9.47 Å². The topological polar surface area (TPSA) is 93.2 Å². The predicted octanol–water partition coefficient (Wildman–Crippen LogP) is 5.70. The predicted molar refractivity (Wildman–Crippen MR) is 149 cm³/mol. The molecule has 0 bridgehead atoms. The first kappa shape index (κ1) is 34.6. The second-order valence-corrected chi connectivity index (χ2v) is 10.0. The van der Waals surface area contributed by atoms with E-state index in [9.17, 15) is 19.2 Å². The highest BCUT2D eigenvalue weighted by molar-refractivity contribution is 7.79. The number of amides is 2. The van der Waals surface area contributed by atoms with Crippen LogP contribution in [0.2, 0.25) is 0 Å². The highest BCUT2D eigenvalue weighted by Gasteiger charge is 2.24. The lowest BCUT2D eigenvalue weighted by atomic mass is 10.1. The number of thiol groups is 2. The Morgan fingerprint density at radius 1 is 0.528 bits per heavy atom. The molecule has 8 nitrogen and oxygen atoms in total. The molecule has 10 heteroatoms. The van der Waals surface area contributed by atoms with Crippen LogP contribution in [0, 0.1) is 0 Å². The Balaban J connectivity index is 3.89. The number of rotatable bonds is 22. The monoisotopic (exact) mass is 548 g/mol. The minimum Gasteiger partial charge on any atom is -0.464 e. The van der Waals surface area contributed by atoms with Crippen LogP contribution in [0.1, 0.15) is 117 Å². The van der Waals surface area contributed by atoms with Gasteiger partial charge in [0, 0.05) is 12.8 Å². The molecule has 36 heavy (non-hydrogen) atoms. The fourth-order valence-corrected chi connectivity index (χ4v) is 3.85. The van der Waals surface area contributed by atoms with Gasteiger partial charge >= 0.3 is 23.8 Å². The number of esters is 2. The lowest BCUT2D eigenvalue weighted by Gasteiger charge is -2.19. The van der Waals surface area contributed by atoms with Crippen molar-refractivity contribution in [3.63, 3.8) is 0 Å². The Kier molecular flexibility index (Phi) is 23.0. The van der Waals surface area contributed by atoms with Gasteiger partial charge in [-0.05, 0) is 12.8 Å². The number of hydrogen-bond acceptors (Lipinski definition) is 8. The summed E-state index contributed by atoms with van der Waals surface area (Å²) in [7, 11) is 0. The average Bonchev–Trinajstić information content (AvgIpc) is 2.86. The third-order valence-electron chi connectivity index (χ3n) is 5.75. The molecule has 0 aliphatic carbocycles. The second-order valence-electron chi connectivity index (χ2n) is 9.04. The second kappa shape index (κ2) is 23.9. The molecular weight excluding hydrogens is 500 g/mol. The summed E-state index contributed by atoms with van der Waals surface area (Å²) < 4.78 is 12.0. The largest absolute Gasteiger partial charge is 0.464 e. The van der Waals surface area contributed by atoms with E-state index in [0.717, 1.165) is 47.1 Å². The van der Waals surface area contributed by atoms with Gasteiger partial charge in [0.1, 0.15) is 13.2 Å². The first-order valence-corrected chi connectivity index (χ1v) is 14.5. The van der Waals surface area contributed by atoms with E-state index < -0.39 is 11.8 Å². The molecule has 0 heterocycles. The highest BCUT2D eigenvalue weighted by Crippen LogP contribution is 2.10. The van der Waals surface area contributed by atoms with E-state index in [2.05, 4.69) is 39.5 Å². The van der Waals surface area contributed by atoms with E-state index in [1.165, 1.54) is 51.4 Å². The van der Waals surface area contributed by atoms with E-state index in [-0.39, 0.29) is 38.2 Å². The van der Waals surface area contributed by atoms with Crippen LogP contribution < -0.4 is 0 Å². The summed E-state index contributed by atoms with van der Waals surface area (Å²) >= 11 is 8.02. The molecule has 0 aliphatic heterocycles. The van der Waals surface area contributed by atoms with Crippen molar-refractivity contribution in [2.45, 2.75) is 117 Å². The van der Waals surface area contributed by atoms with Crippen LogP contribution in [0.4, 0.5) is 0 Å². The molecule has 0 unspecified atom stereocenters. The summed E-state index contributed by atoms with van der Waals surface area (Å²) in [5, 5.41) is 0. The zero-order chi connectivity index (χ0) is 27.0. The minimum absolute atomic E-state index is 0.0223. The third kappa shape index (κ3) is 19.7. The summed E-state index contributed by atoms with van der Waals surface area (Å²) in [6, 6.07) is 0. The Bertz CT molecular complexity index is 569. The fraction of sp³-hybridized carbons (Fsp3) is 0.846. The molecule has 0 aromatic heterocycles. The average molecular weight is 549 g/mol. The zero-order valence-corrected chi connectivity index (χ0v) is 24.2. The third-order valence-corrected chi connectivity index (χ3v) is 6.52. The molecule has 0 aromatic rings. The zero-order valence-electron chi connectivity index (χ0n) is 22.4. The van der Waals surface area contributed by atoms with Gasteiger partial charge in [-0.2, -0.15) is 0 Å². The van der Waals surface area contributed by atoms with Crippen LogP contribution in [0.3, 0.4) is 0 Å². The maximum atomic E-state index is 12.2. The molecule has 2 amide bonds. The van der Waals surface area contributed by atoms with Gasteiger partial charge in [-0.1, -0.05) is 117 Å². The van der Waals surface area contributed by atoms with Crippen LogP contribution in [-0.2, 0) is 28.7 Å². The number of carbonyl (C=O) groups is 4. The molecule has 0 aliphatic rings. The van der Waals surface area contributed by atoms with E-state index in [1.54, 1.807) is 0 Å². The van der Waals surface area contributed by atoms with Crippen molar-refractivity contribution >= 4 is 49.4 Å². The Labute approximate surface area is 229 Å². The van der Waals surface area contributed by atoms with Gasteiger partial charge in [0.25, 0.3) is 0 Å². The molecule has 0 fully saturated rings. The summed E-state index contributed by atoms with van der Waals surface area (Å²) in [6.45, 7) is 4.23. The first-order valence-electron chi connectivity index (χ1n) is 13.7. The van der Waals surface area contributed by atoms with Crippen molar-refractivity contribution < 1.29 is 28.7 Å². The van der Waals surface area contributed by atoms with Crippen LogP contribution in [-0.4, -0.2) is 58.7 Å². The van der Waals surface area contributed by atoms with E-state index in [0.29, 0.717) is 12.8 Å². The Morgan fingerprint density at radius 2 is 0.833 bits per heavy atom. The lowest BCUT2D eigenvalue weighted by Crippen LogP contribution is -2.40. The minimum atomic E-state index is -0.897. The summed E-state index contributed by atoms with van der Waals surface area (Å²) in [5.74, 6) is -2.44. The van der Waals surface area contributed by atoms with E-state index in [1.807, 2.05) is 0 Å². The van der Waals surface area contributed by atoms with Gasteiger partial charge in [0.15, 0.2) is 0 Å². The molecule has 0 saturated heterocycles. The van der Waals surface area contributed by atoms with Crippen LogP contribution in [0.15, 0.2) is 0 Å². The van der Waals surface area contributed by atoms with Gasteiger partial charge < -0.3 is 9.47 Å². The quantitative estimate of drug-likeness (QED) is 0.0780. The van der Waals surface area contributed by atoms with Crippen molar-refractivity contribution in [1.29, 1.82) is 0 Å². The molecular formula is C26H48N2O6S2. The van der Waals surface area contributed by atoms with Crippen LogP contribution in [0.25, 0.3) is 0 Å². The normalized spacial score (nSPS) is 10.7. The maximum absolute atomic E-state index is 12.2. The van der Waals surface area contributed by atoms with Gasteiger partial charge in [0.05, 0.1) is 13.1 Å². The maximum Gasteiger partial charge on any atom is 0.322 e. The van der Waals surface area contributed by atoms with Gasteiger partial charge in [-0.15, -0.1) is 0 Å². The van der Waals surface area contributed by atoms with Crippen LogP contribution >= 0.6 is 25.6 Å². The van der Waals surface area contributed by atoms with Crippen LogP contribution in [0.5, 0.6) is 0 Å². The summed E-state index contributed by atoms with van der Waals surface area (Å²) in [6.07, 6.45) is 16.3. The summed E-state index contributed by atoms with van der Waals surface area (Å²) in [5.41, 5.74) is 0. The number of hydrogen-bond donors (Lipinski definition) is 2. The molecule has 0 rings (SSSR count). The first-order chi connectivity index (χ1) is 17.3. The van der Waals surface area contributed by atoms with Gasteiger partial charge in [-0.3, -0.25) is 27.8 Å². The molecule has 0 spiro atoms. The summed E-state index contributed by atoms with van der Waals surface area (Å²) in [4.78, 5) is 48.0. The van der Waals surface area contributed by atoms with Crippen molar-refractivity contribution in [2.24, 2.45) is 0 Å². The van der Waals surface area contributed by atoms with Crippen molar-refractivity contribution in [3.8, 4) is 0 Å². The molecule has 0 radical (unpaired) electrons. The highest BCUT2D eigenvalue weighted by atomic mass is 32.1. The number of nitrogens with zero attached hydrogens (tertiary/aromatic N) is 2. The lowest BCUT2D eigenvalue weighted by molar-refractivity contribution is -0.149. The van der Waals surface area contributed by atoms with Crippen molar-refractivity contribution in [3.05, 3.63) is 0 Å². The number of ether oxygens (including phenoxy) is 2. The Morgan fingerprint density at radius 3 is 1.17 bits per heavy atom. The fourth-order valence-electron chi connectivity index (χ4n) is 3.51. The number of unbranched alkanes of at least 4 members (excludes halogenated alkanes) is 12. The molecule has 0 aromatic carbocycles. The Hall–Kier alpha value is -1.42. The standard InChI is InChI=1S/C26H48N2O6S2/c1-3-5-7-9-11-13-15-17-23(29)33-21-19-27(35)25(31)26(32)28(36)20-22-34-24(30)18-16-14-12-10-8-6-4-2/h35-36H,3-22H2,1-2H3. The van der Waals surface area contributed by atoms with Crippen molar-refractivity contribution in [2.75, 3.05) is 26.3 Å².